The third-order valence-electron chi connectivity index (χ3n) is 3.10. The molecule has 0 radical (unpaired) electrons. The first kappa shape index (κ1) is 20.5. The summed E-state index contributed by atoms with van der Waals surface area (Å²) < 4.78 is 53.2. The normalized spacial score (nSPS) is 12.7. The summed E-state index contributed by atoms with van der Waals surface area (Å²) >= 11 is 0. The average Bonchev–Trinajstić information content (AvgIpc) is 2.55. The first-order valence-corrected chi connectivity index (χ1v) is 8.90. The highest BCUT2D eigenvalue weighted by Gasteiger charge is 2.15. The van der Waals surface area contributed by atoms with Gasteiger partial charge in [-0.15, -0.1) is 0 Å². The third-order valence-corrected chi connectivity index (χ3v) is 3.66. The third kappa shape index (κ3) is 6.52. The summed E-state index contributed by atoms with van der Waals surface area (Å²) in [6, 6.07) is 3.55. The monoisotopic (exact) mass is 364 g/mol. The molecule has 1 aromatic carbocycles. The van der Waals surface area contributed by atoms with Crippen molar-refractivity contribution in [1.82, 2.24) is 0 Å². The molecule has 1 aromatic rings. The predicted octanol–water partition coefficient (Wildman–Crippen LogP) is 1.22. The van der Waals surface area contributed by atoms with Crippen LogP contribution in [0.3, 0.4) is 0 Å². The molecular weight excluding hydrogens is 340 g/mol. The van der Waals surface area contributed by atoms with E-state index in [1.807, 2.05) is 0 Å². The first-order valence-electron chi connectivity index (χ1n) is 7.08. The summed E-state index contributed by atoms with van der Waals surface area (Å²) in [5, 5.41) is 0. The van der Waals surface area contributed by atoms with Gasteiger partial charge in [-0.1, -0.05) is 0 Å². The van der Waals surface area contributed by atoms with Crippen LogP contribution in [0, 0.1) is 0 Å². The van der Waals surface area contributed by atoms with Gasteiger partial charge in [0, 0.05) is 7.11 Å². The van der Waals surface area contributed by atoms with Crippen LogP contribution in [0.4, 0.5) is 0 Å². The van der Waals surface area contributed by atoms with Crippen molar-refractivity contribution in [3.63, 3.8) is 0 Å². The smallest absolute Gasteiger partial charge is 0.264 e. The predicted molar refractivity (Wildman–Crippen MR) is 87.3 cm³/mol. The lowest BCUT2D eigenvalue weighted by atomic mass is 10.2. The summed E-state index contributed by atoms with van der Waals surface area (Å²) in [6.07, 6.45) is 0.484. The molecule has 0 N–H and O–H groups in total. The van der Waals surface area contributed by atoms with Crippen molar-refractivity contribution in [2.45, 2.75) is 12.7 Å². The maximum Gasteiger partial charge on any atom is 0.264 e. The van der Waals surface area contributed by atoms with Gasteiger partial charge in [0.15, 0.2) is 11.5 Å². The van der Waals surface area contributed by atoms with Gasteiger partial charge >= 0.3 is 0 Å². The van der Waals surface area contributed by atoms with Crippen molar-refractivity contribution < 1.29 is 36.3 Å². The van der Waals surface area contributed by atoms with E-state index in [2.05, 4.69) is 0 Å². The van der Waals surface area contributed by atoms with Crippen molar-refractivity contribution in [1.29, 1.82) is 0 Å². The number of ether oxygens (including phenoxy) is 5. The van der Waals surface area contributed by atoms with Crippen LogP contribution in [0.2, 0.25) is 0 Å². The van der Waals surface area contributed by atoms with Gasteiger partial charge in [0.05, 0.1) is 47.4 Å². The molecule has 24 heavy (non-hydrogen) atoms. The zero-order valence-electron chi connectivity index (χ0n) is 14.5. The van der Waals surface area contributed by atoms with Crippen LogP contribution in [0.25, 0.3) is 0 Å². The summed E-state index contributed by atoms with van der Waals surface area (Å²) in [5.74, 6) is 1.55. The van der Waals surface area contributed by atoms with Gasteiger partial charge in [0.1, 0.15) is 6.10 Å². The molecule has 8 nitrogen and oxygen atoms in total. The highest BCUT2D eigenvalue weighted by Crippen LogP contribution is 2.38. The number of methoxy groups -OCH3 is 4. The molecule has 0 heterocycles. The summed E-state index contributed by atoms with van der Waals surface area (Å²) in [4.78, 5) is 0. The minimum Gasteiger partial charge on any atom is -0.493 e. The second-order valence-electron chi connectivity index (χ2n) is 4.90. The van der Waals surface area contributed by atoms with E-state index in [1.54, 1.807) is 12.1 Å². The Balaban J connectivity index is 2.66. The molecule has 1 rings (SSSR count). The molecule has 0 fully saturated rings. The van der Waals surface area contributed by atoms with E-state index < -0.39 is 16.2 Å². The van der Waals surface area contributed by atoms with Crippen molar-refractivity contribution in [3.05, 3.63) is 17.7 Å². The first-order chi connectivity index (χ1) is 11.3. The Labute approximate surface area is 142 Å². The van der Waals surface area contributed by atoms with E-state index >= 15 is 0 Å². The van der Waals surface area contributed by atoms with Crippen LogP contribution < -0.4 is 14.2 Å². The fraction of sp³-hybridized carbons (Fsp3) is 0.600. The maximum absolute atomic E-state index is 11.0. The van der Waals surface area contributed by atoms with Crippen LogP contribution >= 0.6 is 0 Å². The SMILES string of the molecule is COc1cc(COCC(COS(C)(=O)=O)OC)cc(OC)c1OC. The van der Waals surface area contributed by atoms with Gasteiger partial charge < -0.3 is 23.7 Å². The molecule has 0 saturated carbocycles. The Hall–Kier alpha value is -1.55. The zero-order chi connectivity index (χ0) is 18.2. The lowest BCUT2D eigenvalue weighted by Crippen LogP contribution is -2.25. The summed E-state index contributed by atoms with van der Waals surface area (Å²) in [5.41, 5.74) is 0.809. The number of rotatable bonds is 11. The van der Waals surface area contributed by atoms with E-state index in [1.165, 1.54) is 28.4 Å². The molecule has 0 aromatic heterocycles. The molecule has 0 spiro atoms. The fourth-order valence-electron chi connectivity index (χ4n) is 1.91. The maximum atomic E-state index is 11.0. The van der Waals surface area contributed by atoms with Crippen molar-refractivity contribution in [2.75, 3.05) is 47.9 Å². The molecule has 0 aliphatic rings. The Morgan fingerprint density at radius 3 is 1.96 bits per heavy atom. The molecule has 0 saturated heterocycles. The Kier molecular flexibility index (Phi) is 8.26. The van der Waals surface area contributed by atoms with E-state index in [0.29, 0.717) is 17.2 Å². The van der Waals surface area contributed by atoms with E-state index in [9.17, 15) is 8.42 Å². The zero-order valence-corrected chi connectivity index (χ0v) is 15.3. The lowest BCUT2D eigenvalue weighted by Gasteiger charge is -2.16. The van der Waals surface area contributed by atoms with Crippen LogP contribution in [-0.4, -0.2) is 62.4 Å². The lowest BCUT2D eigenvalue weighted by molar-refractivity contribution is -0.0184. The van der Waals surface area contributed by atoms with Gasteiger partial charge in [0.25, 0.3) is 10.1 Å². The van der Waals surface area contributed by atoms with Gasteiger partial charge in [-0.3, -0.25) is 4.18 Å². The Morgan fingerprint density at radius 2 is 1.54 bits per heavy atom. The molecule has 1 unspecified atom stereocenters. The summed E-state index contributed by atoms with van der Waals surface area (Å²) in [7, 11) is 2.54. The van der Waals surface area contributed by atoms with Crippen molar-refractivity contribution >= 4 is 10.1 Å². The van der Waals surface area contributed by atoms with Crippen LogP contribution in [0.1, 0.15) is 5.56 Å². The standard InChI is InChI=1S/C15H24O8S/c1-18-12(10-23-24(5,16)17)9-22-8-11-6-13(19-2)15(21-4)14(7-11)20-3/h6-7,12H,8-10H2,1-5H3. The fourth-order valence-corrected chi connectivity index (χ4v) is 2.31. The minimum absolute atomic E-state index is 0.107. The molecule has 1 atom stereocenters. The van der Waals surface area contributed by atoms with Gasteiger partial charge in [-0.25, -0.2) is 0 Å². The molecule has 9 heteroatoms. The second kappa shape index (κ2) is 9.67. The molecular formula is C15H24O8S. The highest BCUT2D eigenvalue weighted by molar-refractivity contribution is 7.85. The quantitative estimate of drug-likeness (QED) is 0.542. The second-order valence-corrected chi connectivity index (χ2v) is 6.54. The van der Waals surface area contributed by atoms with Gasteiger partial charge in [-0.05, 0) is 17.7 Å². The van der Waals surface area contributed by atoms with Crippen LogP contribution in [0.5, 0.6) is 17.2 Å². The number of benzene rings is 1. The number of hydrogen-bond acceptors (Lipinski definition) is 8. The van der Waals surface area contributed by atoms with Gasteiger partial charge in [0.2, 0.25) is 5.75 Å². The van der Waals surface area contributed by atoms with E-state index in [-0.39, 0.29) is 19.8 Å². The van der Waals surface area contributed by atoms with Crippen molar-refractivity contribution in [3.8, 4) is 17.2 Å². The van der Waals surface area contributed by atoms with E-state index in [0.717, 1.165) is 11.8 Å². The number of hydrogen-bond donors (Lipinski definition) is 0. The van der Waals surface area contributed by atoms with Gasteiger partial charge in [-0.2, -0.15) is 8.42 Å². The minimum atomic E-state index is -3.51. The average molecular weight is 364 g/mol. The molecule has 0 amide bonds. The van der Waals surface area contributed by atoms with Crippen LogP contribution in [-0.2, 0) is 30.4 Å². The molecule has 138 valence electrons. The largest absolute Gasteiger partial charge is 0.493 e. The highest BCUT2D eigenvalue weighted by atomic mass is 32.2. The Bertz CT molecular complexity index is 589. The molecule has 0 aliphatic heterocycles. The van der Waals surface area contributed by atoms with E-state index in [4.69, 9.17) is 27.9 Å². The van der Waals surface area contributed by atoms with Crippen LogP contribution in [0.15, 0.2) is 12.1 Å². The summed E-state index contributed by atoms with van der Waals surface area (Å²) in [6.45, 7) is 0.322. The molecule has 0 aliphatic carbocycles. The van der Waals surface area contributed by atoms with Crippen molar-refractivity contribution in [2.24, 2.45) is 0 Å². The topological polar surface area (TPSA) is 89.5 Å². The molecule has 0 bridgehead atoms. The Morgan fingerprint density at radius 1 is 0.958 bits per heavy atom.